The third-order valence-corrected chi connectivity index (χ3v) is 4.66. The second kappa shape index (κ2) is 5.06. The van der Waals surface area contributed by atoms with Crippen molar-refractivity contribution in [2.75, 3.05) is 6.61 Å². The van der Waals surface area contributed by atoms with Gasteiger partial charge in [0.15, 0.2) is 0 Å². The molecule has 0 aromatic heterocycles. The Balaban J connectivity index is 1.77. The molecule has 1 N–H and O–H groups in total. The van der Waals surface area contributed by atoms with Crippen LogP contribution in [0.1, 0.15) is 34.6 Å². The number of aliphatic hydroxyl groups is 1. The Morgan fingerprint density at radius 2 is 1.50 bits per heavy atom. The van der Waals surface area contributed by atoms with Crippen molar-refractivity contribution >= 4 is 0 Å². The summed E-state index contributed by atoms with van der Waals surface area (Å²) in [4.78, 5) is 0. The minimum Gasteiger partial charge on any atom is -0.396 e. The minimum absolute atomic E-state index is 0.0600. The zero-order valence-electron chi connectivity index (χ0n) is 12.3. The maximum absolute atomic E-state index is 9.86. The molecule has 0 heterocycles. The van der Waals surface area contributed by atoms with Crippen LogP contribution in [0.5, 0.6) is 0 Å². The highest BCUT2D eigenvalue weighted by molar-refractivity contribution is 5.34. The van der Waals surface area contributed by atoms with Crippen LogP contribution in [0.25, 0.3) is 0 Å². The molecule has 1 aliphatic carbocycles. The molecule has 2 aromatic carbocycles. The fourth-order valence-corrected chi connectivity index (χ4v) is 3.16. The van der Waals surface area contributed by atoms with Crippen molar-refractivity contribution in [1.82, 2.24) is 0 Å². The van der Waals surface area contributed by atoms with Crippen molar-refractivity contribution < 1.29 is 5.11 Å². The van der Waals surface area contributed by atoms with Gasteiger partial charge in [0.25, 0.3) is 0 Å². The Hall–Kier alpha value is -1.60. The molecule has 0 radical (unpaired) electrons. The van der Waals surface area contributed by atoms with Gasteiger partial charge in [-0.2, -0.15) is 0 Å². The van der Waals surface area contributed by atoms with E-state index in [2.05, 4.69) is 62.4 Å². The van der Waals surface area contributed by atoms with Gasteiger partial charge in [-0.05, 0) is 43.7 Å². The Kier molecular flexibility index (Phi) is 3.39. The maximum Gasteiger partial charge on any atom is 0.0496 e. The fraction of sp³-hybridized carbons (Fsp3) is 0.368. The SMILES string of the molecule is Cc1ccc(CC2(CO)CC2c2ccc(C)cc2)cc1. The summed E-state index contributed by atoms with van der Waals surface area (Å²) in [6, 6.07) is 17.5. The lowest BCUT2D eigenvalue weighted by atomic mass is 9.91. The average molecular weight is 266 g/mol. The molecule has 1 fully saturated rings. The lowest BCUT2D eigenvalue weighted by molar-refractivity contribution is 0.206. The van der Waals surface area contributed by atoms with Gasteiger partial charge in [-0.25, -0.2) is 0 Å². The molecule has 1 saturated carbocycles. The molecule has 0 bridgehead atoms. The number of aliphatic hydroxyl groups excluding tert-OH is 1. The third kappa shape index (κ3) is 2.51. The fourth-order valence-electron chi connectivity index (χ4n) is 3.16. The van der Waals surface area contributed by atoms with E-state index in [0.29, 0.717) is 5.92 Å². The van der Waals surface area contributed by atoms with Crippen LogP contribution in [-0.2, 0) is 6.42 Å². The van der Waals surface area contributed by atoms with Crippen molar-refractivity contribution in [3.63, 3.8) is 0 Å². The van der Waals surface area contributed by atoms with Gasteiger partial charge < -0.3 is 5.11 Å². The highest BCUT2D eigenvalue weighted by atomic mass is 16.3. The van der Waals surface area contributed by atoms with Gasteiger partial charge in [0.05, 0.1) is 0 Å². The van der Waals surface area contributed by atoms with Crippen molar-refractivity contribution in [3.8, 4) is 0 Å². The van der Waals surface area contributed by atoms with Crippen molar-refractivity contribution in [3.05, 3.63) is 70.8 Å². The van der Waals surface area contributed by atoms with Crippen LogP contribution in [0, 0.1) is 19.3 Å². The van der Waals surface area contributed by atoms with E-state index in [9.17, 15) is 5.11 Å². The van der Waals surface area contributed by atoms with Crippen LogP contribution in [0.3, 0.4) is 0 Å². The van der Waals surface area contributed by atoms with Crippen molar-refractivity contribution in [2.24, 2.45) is 5.41 Å². The molecule has 1 nitrogen and oxygen atoms in total. The number of rotatable bonds is 4. The molecule has 2 unspecified atom stereocenters. The molecule has 3 rings (SSSR count). The van der Waals surface area contributed by atoms with Crippen LogP contribution in [0.2, 0.25) is 0 Å². The van der Waals surface area contributed by atoms with Crippen LogP contribution in [0.4, 0.5) is 0 Å². The first-order valence-electron chi connectivity index (χ1n) is 7.36. The number of aryl methyl sites for hydroxylation is 2. The summed E-state index contributed by atoms with van der Waals surface area (Å²) in [7, 11) is 0. The molecule has 0 spiro atoms. The predicted molar refractivity (Wildman–Crippen MR) is 82.9 cm³/mol. The quantitative estimate of drug-likeness (QED) is 0.886. The van der Waals surface area contributed by atoms with Crippen LogP contribution >= 0.6 is 0 Å². The van der Waals surface area contributed by atoms with E-state index in [-0.39, 0.29) is 12.0 Å². The molecule has 104 valence electrons. The predicted octanol–water partition coefficient (Wildman–Crippen LogP) is 4.01. The summed E-state index contributed by atoms with van der Waals surface area (Å²) in [6.07, 6.45) is 2.07. The molecule has 0 amide bonds. The van der Waals surface area contributed by atoms with Gasteiger partial charge in [0.1, 0.15) is 0 Å². The van der Waals surface area contributed by atoms with E-state index in [4.69, 9.17) is 0 Å². The summed E-state index contributed by atoms with van der Waals surface area (Å²) in [6.45, 7) is 4.50. The molecule has 20 heavy (non-hydrogen) atoms. The van der Waals surface area contributed by atoms with Gasteiger partial charge in [-0.3, -0.25) is 0 Å². The Morgan fingerprint density at radius 3 is 2.05 bits per heavy atom. The molecular formula is C19H22O. The summed E-state index contributed by atoms with van der Waals surface area (Å²) < 4.78 is 0. The van der Waals surface area contributed by atoms with Gasteiger partial charge in [0.2, 0.25) is 0 Å². The van der Waals surface area contributed by atoms with Crippen molar-refractivity contribution in [1.29, 1.82) is 0 Å². The normalized spacial score (nSPS) is 24.6. The van der Waals surface area contributed by atoms with Gasteiger partial charge in [-0.15, -0.1) is 0 Å². The number of benzene rings is 2. The van der Waals surface area contributed by atoms with E-state index in [1.54, 1.807) is 0 Å². The monoisotopic (exact) mass is 266 g/mol. The van der Waals surface area contributed by atoms with E-state index >= 15 is 0 Å². The second-order valence-corrected chi connectivity index (χ2v) is 6.35. The zero-order chi connectivity index (χ0) is 14.2. The topological polar surface area (TPSA) is 20.2 Å². The van der Waals surface area contributed by atoms with E-state index in [0.717, 1.165) is 12.8 Å². The van der Waals surface area contributed by atoms with E-state index in [1.165, 1.54) is 22.3 Å². The van der Waals surface area contributed by atoms with Gasteiger partial charge >= 0.3 is 0 Å². The van der Waals surface area contributed by atoms with E-state index in [1.807, 2.05) is 0 Å². The molecule has 1 aliphatic rings. The molecule has 0 aliphatic heterocycles. The molecule has 1 heteroatoms. The summed E-state index contributed by atoms with van der Waals surface area (Å²) in [5.74, 6) is 0.509. The van der Waals surface area contributed by atoms with Gasteiger partial charge in [0, 0.05) is 12.0 Å². The van der Waals surface area contributed by atoms with Crippen LogP contribution in [-0.4, -0.2) is 11.7 Å². The van der Waals surface area contributed by atoms with E-state index < -0.39 is 0 Å². The van der Waals surface area contributed by atoms with Crippen LogP contribution in [0.15, 0.2) is 48.5 Å². The highest BCUT2D eigenvalue weighted by Gasteiger charge is 2.53. The zero-order valence-corrected chi connectivity index (χ0v) is 12.3. The molecule has 2 atom stereocenters. The third-order valence-electron chi connectivity index (χ3n) is 4.66. The number of hydrogen-bond donors (Lipinski definition) is 1. The molecular weight excluding hydrogens is 244 g/mol. The second-order valence-electron chi connectivity index (χ2n) is 6.35. The first-order valence-corrected chi connectivity index (χ1v) is 7.36. The Morgan fingerprint density at radius 1 is 0.950 bits per heavy atom. The largest absolute Gasteiger partial charge is 0.396 e. The first kappa shape index (κ1) is 13.4. The first-order chi connectivity index (χ1) is 9.63. The number of hydrogen-bond acceptors (Lipinski definition) is 1. The van der Waals surface area contributed by atoms with Crippen molar-refractivity contribution in [2.45, 2.75) is 32.6 Å². The Labute approximate surface area is 121 Å². The van der Waals surface area contributed by atoms with Crippen LogP contribution < -0.4 is 0 Å². The Bertz CT molecular complexity index is 582. The summed E-state index contributed by atoms with van der Waals surface area (Å²) in [5, 5.41) is 9.86. The maximum atomic E-state index is 9.86. The minimum atomic E-state index is 0.0600. The summed E-state index contributed by atoms with van der Waals surface area (Å²) in [5.41, 5.74) is 5.35. The van der Waals surface area contributed by atoms with Gasteiger partial charge in [-0.1, -0.05) is 59.7 Å². The molecule has 0 saturated heterocycles. The summed E-state index contributed by atoms with van der Waals surface area (Å²) >= 11 is 0. The molecule has 2 aromatic rings. The highest BCUT2D eigenvalue weighted by Crippen LogP contribution is 2.60. The average Bonchev–Trinajstić information content (AvgIpc) is 3.17. The lowest BCUT2D eigenvalue weighted by Crippen LogP contribution is -2.13. The lowest BCUT2D eigenvalue weighted by Gasteiger charge is -2.15. The smallest absolute Gasteiger partial charge is 0.0496 e. The standard InChI is InChI=1S/C19H22O/c1-14-3-7-16(8-4-14)11-19(13-20)12-18(19)17-9-5-15(2)6-10-17/h3-10,18,20H,11-13H2,1-2H3.